The summed E-state index contributed by atoms with van der Waals surface area (Å²) in [7, 11) is 2.20. The Balaban J connectivity index is 1.95. The van der Waals surface area contributed by atoms with Gasteiger partial charge in [-0.3, -0.25) is 0 Å². The van der Waals surface area contributed by atoms with Crippen LogP contribution in [0.4, 0.5) is 5.69 Å². The summed E-state index contributed by atoms with van der Waals surface area (Å²) >= 11 is 0. The fourth-order valence-electron chi connectivity index (χ4n) is 2.11. The topological polar surface area (TPSA) is 15.3 Å². The third-order valence-electron chi connectivity index (χ3n) is 3.22. The fraction of sp³-hybridized carbons (Fsp3) is 0.538. The molecule has 0 aromatic heterocycles. The van der Waals surface area contributed by atoms with Crippen LogP contribution in [0.15, 0.2) is 24.3 Å². The minimum absolute atomic E-state index is 0.655. The maximum atomic E-state index is 3.64. The Labute approximate surface area is 92.3 Å². The van der Waals surface area contributed by atoms with Crippen LogP contribution < -0.4 is 5.32 Å². The van der Waals surface area contributed by atoms with Crippen molar-refractivity contribution in [1.82, 2.24) is 4.90 Å². The van der Waals surface area contributed by atoms with Crippen molar-refractivity contribution >= 4 is 5.69 Å². The van der Waals surface area contributed by atoms with Gasteiger partial charge < -0.3 is 10.2 Å². The quantitative estimate of drug-likeness (QED) is 0.796. The Hall–Kier alpha value is -1.02. The standard InChI is InChI=1S/C13H20N2/c1-11-5-3-4-6-13(11)14-12-7-9-15(2)10-8-12/h3-6,12,14H,7-10H2,1-2H3. The van der Waals surface area contributed by atoms with Gasteiger partial charge in [-0.2, -0.15) is 0 Å². The van der Waals surface area contributed by atoms with Crippen molar-refractivity contribution in [2.24, 2.45) is 0 Å². The minimum Gasteiger partial charge on any atom is -0.382 e. The van der Waals surface area contributed by atoms with Crippen molar-refractivity contribution in [3.63, 3.8) is 0 Å². The molecule has 0 radical (unpaired) electrons. The molecule has 1 N–H and O–H groups in total. The van der Waals surface area contributed by atoms with E-state index in [1.807, 2.05) is 0 Å². The number of piperidine rings is 1. The first-order chi connectivity index (χ1) is 7.25. The van der Waals surface area contributed by atoms with Gasteiger partial charge >= 0.3 is 0 Å². The van der Waals surface area contributed by atoms with Crippen molar-refractivity contribution in [2.45, 2.75) is 25.8 Å². The molecular weight excluding hydrogens is 184 g/mol. The monoisotopic (exact) mass is 204 g/mol. The maximum absolute atomic E-state index is 3.64. The lowest BCUT2D eigenvalue weighted by Gasteiger charge is -2.30. The van der Waals surface area contributed by atoms with E-state index in [1.165, 1.54) is 37.2 Å². The predicted molar refractivity (Wildman–Crippen MR) is 65.3 cm³/mol. The van der Waals surface area contributed by atoms with Gasteiger partial charge in [0.25, 0.3) is 0 Å². The highest BCUT2D eigenvalue weighted by molar-refractivity contribution is 5.50. The number of hydrogen-bond acceptors (Lipinski definition) is 2. The van der Waals surface area contributed by atoms with E-state index < -0.39 is 0 Å². The van der Waals surface area contributed by atoms with Gasteiger partial charge in [-0.25, -0.2) is 0 Å². The molecule has 1 aromatic rings. The molecule has 1 aromatic carbocycles. The highest BCUT2D eigenvalue weighted by Gasteiger charge is 2.16. The molecule has 2 nitrogen and oxygen atoms in total. The van der Waals surface area contributed by atoms with Crippen molar-refractivity contribution in [2.75, 3.05) is 25.5 Å². The van der Waals surface area contributed by atoms with Crippen LogP contribution in [0.1, 0.15) is 18.4 Å². The predicted octanol–water partition coefficient (Wildman–Crippen LogP) is 2.50. The summed E-state index contributed by atoms with van der Waals surface area (Å²) in [6, 6.07) is 9.19. The molecule has 0 unspecified atom stereocenters. The smallest absolute Gasteiger partial charge is 0.0372 e. The van der Waals surface area contributed by atoms with E-state index in [9.17, 15) is 0 Å². The second-order valence-corrected chi connectivity index (χ2v) is 4.54. The van der Waals surface area contributed by atoms with Gasteiger partial charge in [0.05, 0.1) is 0 Å². The van der Waals surface area contributed by atoms with Crippen LogP contribution >= 0.6 is 0 Å². The Kier molecular flexibility index (Phi) is 3.27. The van der Waals surface area contributed by atoms with Crippen molar-refractivity contribution in [3.05, 3.63) is 29.8 Å². The van der Waals surface area contributed by atoms with Crippen LogP contribution in [0.5, 0.6) is 0 Å². The van der Waals surface area contributed by atoms with Crippen LogP contribution in [0.25, 0.3) is 0 Å². The number of para-hydroxylation sites is 1. The zero-order chi connectivity index (χ0) is 10.7. The average molecular weight is 204 g/mol. The first kappa shape index (κ1) is 10.5. The molecule has 0 amide bonds. The molecule has 0 bridgehead atoms. The van der Waals surface area contributed by atoms with Crippen LogP contribution in [0.3, 0.4) is 0 Å². The van der Waals surface area contributed by atoms with Gasteiger partial charge in [-0.1, -0.05) is 18.2 Å². The molecule has 1 fully saturated rings. The summed E-state index contributed by atoms with van der Waals surface area (Å²) < 4.78 is 0. The van der Waals surface area contributed by atoms with Crippen molar-refractivity contribution in [1.29, 1.82) is 0 Å². The third-order valence-corrected chi connectivity index (χ3v) is 3.22. The summed E-state index contributed by atoms with van der Waals surface area (Å²) in [6.45, 7) is 4.59. The Morgan fingerprint density at radius 3 is 2.53 bits per heavy atom. The van der Waals surface area contributed by atoms with Gasteiger partial charge in [0.15, 0.2) is 0 Å². The largest absolute Gasteiger partial charge is 0.382 e. The van der Waals surface area contributed by atoms with Gasteiger partial charge in [0.2, 0.25) is 0 Å². The van der Waals surface area contributed by atoms with Gasteiger partial charge in [0, 0.05) is 11.7 Å². The lowest BCUT2D eigenvalue weighted by atomic mass is 10.0. The number of hydrogen-bond donors (Lipinski definition) is 1. The van der Waals surface area contributed by atoms with Crippen LogP contribution in [0, 0.1) is 6.92 Å². The summed E-state index contributed by atoms with van der Waals surface area (Å²) in [4.78, 5) is 2.40. The SMILES string of the molecule is Cc1ccccc1NC1CCN(C)CC1. The van der Waals surface area contributed by atoms with Crippen molar-refractivity contribution in [3.8, 4) is 0 Å². The summed E-state index contributed by atoms with van der Waals surface area (Å²) in [6.07, 6.45) is 2.51. The van der Waals surface area contributed by atoms with Gasteiger partial charge in [-0.15, -0.1) is 0 Å². The molecule has 0 saturated carbocycles. The zero-order valence-corrected chi connectivity index (χ0v) is 9.66. The van der Waals surface area contributed by atoms with E-state index in [0.717, 1.165) is 0 Å². The number of nitrogens with zero attached hydrogens (tertiary/aromatic N) is 1. The molecule has 0 aliphatic carbocycles. The molecule has 1 saturated heterocycles. The number of rotatable bonds is 2. The van der Waals surface area contributed by atoms with Crippen LogP contribution in [-0.2, 0) is 0 Å². The number of benzene rings is 1. The Morgan fingerprint density at radius 2 is 1.87 bits per heavy atom. The molecule has 82 valence electrons. The molecule has 0 spiro atoms. The number of likely N-dealkylation sites (tertiary alicyclic amines) is 1. The molecular formula is C13H20N2. The van der Waals surface area contributed by atoms with E-state index >= 15 is 0 Å². The van der Waals surface area contributed by atoms with E-state index in [1.54, 1.807) is 0 Å². The highest BCUT2D eigenvalue weighted by Crippen LogP contribution is 2.18. The van der Waals surface area contributed by atoms with E-state index in [2.05, 4.69) is 48.5 Å². The van der Waals surface area contributed by atoms with Crippen LogP contribution in [-0.4, -0.2) is 31.1 Å². The lowest BCUT2D eigenvalue weighted by molar-refractivity contribution is 0.264. The zero-order valence-electron chi connectivity index (χ0n) is 9.66. The van der Waals surface area contributed by atoms with E-state index in [4.69, 9.17) is 0 Å². The normalized spacial score (nSPS) is 19.1. The second-order valence-electron chi connectivity index (χ2n) is 4.54. The highest BCUT2D eigenvalue weighted by atomic mass is 15.1. The fourth-order valence-corrected chi connectivity index (χ4v) is 2.11. The summed E-state index contributed by atoms with van der Waals surface area (Å²) in [5.74, 6) is 0. The molecule has 1 heterocycles. The number of aryl methyl sites for hydroxylation is 1. The minimum atomic E-state index is 0.655. The second kappa shape index (κ2) is 4.67. The Morgan fingerprint density at radius 1 is 1.20 bits per heavy atom. The van der Waals surface area contributed by atoms with Gasteiger partial charge in [0.1, 0.15) is 0 Å². The summed E-state index contributed by atoms with van der Waals surface area (Å²) in [5, 5.41) is 3.64. The van der Waals surface area contributed by atoms with Gasteiger partial charge in [-0.05, 0) is 51.5 Å². The van der Waals surface area contributed by atoms with E-state index in [0.29, 0.717) is 6.04 Å². The molecule has 1 aliphatic heterocycles. The molecule has 1 aliphatic rings. The maximum Gasteiger partial charge on any atom is 0.0372 e. The summed E-state index contributed by atoms with van der Waals surface area (Å²) in [5.41, 5.74) is 2.64. The first-order valence-corrected chi connectivity index (χ1v) is 5.76. The van der Waals surface area contributed by atoms with E-state index in [-0.39, 0.29) is 0 Å². The number of nitrogens with one attached hydrogen (secondary N) is 1. The van der Waals surface area contributed by atoms with Crippen LogP contribution in [0.2, 0.25) is 0 Å². The molecule has 0 atom stereocenters. The third kappa shape index (κ3) is 2.72. The Bertz CT molecular complexity index is 314. The molecule has 2 heteroatoms. The average Bonchev–Trinajstić information content (AvgIpc) is 2.25. The number of anilines is 1. The molecule has 2 rings (SSSR count). The van der Waals surface area contributed by atoms with Crippen molar-refractivity contribution < 1.29 is 0 Å². The first-order valence-electron chi connectivity index (χ1n) is 5.76. The lowest BCUT2D eigenvalue weighted by Crippen LogP contribution is -2.36. The molecule has 15 heavy (non-hydrogen) atoms.